The summed E-state index contributed by atoms with van der Waals surface area (Å²) in [6.45, 7) is 1.84. The monoisotopic (exact) mass is 154 g/mol. The summed E-state index contributed by atoms with van der Waals surface area (Å²) in [6, 6.07) is 1.29. The van der Waals surface area contributed by atoms with Gasteiger partial charge in [0.1, 0.15) is 18.7 Å². The molecule has 62 valence electrons. The highest BCUT2D eigenvalue weighted by Crippen LogP contribution is 2.26. The molecular weight excluding hydrogens is 138 g/mol. The molecule has 0 aromatic heterocycles. The molecule has 1 saturated heterocycles. The highest BCUT2D eigenvalue weighted by molar-refractivity contribution is 4.98. The lowest BCUT2D eigenvalue weighted by Crippen LogP contribution is -2.63. The molecule has 2 bridgehead atoms. The number of likely N-dealkylation sites (N-methyl/N-ethyl adjacent to an activating group) is 1. The average molecular weight is 154 g/mol. The zero-order valence-electron chi connectivity index (χ0n) is 7.29. The average Bonchev–Trinajstić information content (AvgIpc) is 1.82. The fourth-order valence-electron chi connectivity index (χ4n) is 1.99. The van der Waals surface area contributed by atoms with Crippen molar-refractivity contribution in [1.29, 1.82) is 0 Å². The van der Waals surface area contributed by atoms with Crippen LogP contribution in [-0.4, -0.2) is 43.9 Å². The molecule has 2 atom stereocenters. The molecule has 0 N–H and O–H groups in total. The zero-order valence-corrected chi connectivity index (χ0v) is 7.29. The normalized spacial score (nSPS) is 40.5. The van der Waals surface area contributed by atoms with Crippen molar-refractivity contribution in [1.82, 2.24) is 0 Å². The Kier molecular flexibility index (Phi) is 1.55. The van der Waals surface area contributed by atoms with Crippen LogP contribution in [0.25, 0.3) is 0 Å². The van der Waals surface area contributed by atoms with Crippen molar-refractivity contribution in [2.24, 2.45) is 0 Å². The minimum absolute atomic E-state index is 0.600. The number of quaternary nitrogens is 1. The van der Waals surface area contributed by atoms with Crippen LogP contribution in [0.5, 0.6) is 0 Å². The molecule has 2 aliphatic heterocycles. The molecule has 1 fully saturated rings. The molecule has 2 heterocycles. The Hall–Kier alpha value is -0.340. The third kappa shape index (κ3) is 1.01. The summed E-state index contributed by atoms with van der Waals surface area (Å²) in [7, 11) is 4.61. The first-order valence-electron chi connectivity index (χ1n) is 4.29. The van der Waals surface area contributed by atoms with Crippen LogP contribution in [0.15, 0.2) is 12.2 Å². The summed E-state index contributed by atoms with van der Waals surface area (Å²) in [5.41, 5.74) is 0. The van der Waals surface area contributed by atoms with Gasteiger partial charge >= 0.3 is 0 Å². The molecule has 2 rings (SSSR count). The smallest absolute Gasteiger partial charge is 0.131 e. The second kappa shape index (κ2) is 2.32. The van der Waals surface area contributed by atoms with Gasteiger partial charge in [-0.15, -0.1) is 0 Å². The minimum atomic E-state index is 0.600. The SMILES string of the molecule is C[N+]1(C)[C@@H]2CC=C[C@@H]1COC2. The lowest BCUT2D eigenvalue weighted by atomic mass is 9.99. The summed E-state index contributed by atoms with van der Waals surface area (Å²) < 4.78 is 6.63. The Balaban J connectivity index is 2.28. The van der Waals surface area contributed by atoms with Gasteiger partial charge in [0.05, 0.1) is 20.7 Å². The van der Waals surface area contributed by atoms with Gasteiger partial charge in [0.25, 0.3) is 0 Å². The van der Waals surface area contributed by atoms with Gasteiger partial charge in [0.2, 0.25) is 0 Å². The Labute approximate surface area is 68.0 Å². The lowest BCUT2D eigenvalue weighted by Gasteiger charge is -2.48. The third-order valence-corrected chi connectivity index (χ3v) is 3.16. The van der Waals surface area contributed by atoms with E-state index < -0.39 is 0 Å². The maximum atomic E-state index is 5.51. The number of hydrogen-bond acceptors (Lipinski definition) is 1. The summed E-state index contributed by atoms with van der Waals surface area (Å²) in [6.07, 6.45) is 5.79. The topological polar surface area (TPSA) is 9.23 Å². The van der Waals surface area contributed by atoms with Crippen LogP contribution < -0.4 is 0 Å². The highest BCUT2D eigenvalue weighted by atomic mass is 16.5. The summed E-state index contributed by atoms with van der Waals surface area (Å²) in [4.78, 5) is 0. The lowest BCUT2D eigenvalue weighted by molar-refractivity contribution is -0.942. The molecule has 0 aliphatic carbocycles. The predicted octanol–water partition coefficient (Wildman–Crippen LogP) is 0.790. The quantitative estimate of drug-likeness (QED) is 0.370. The molecule has 2 aliphatic rings. The van der Waals surface area contributed by atoms with Crippen LogP contribution in [0, 0.1) is 0 Å². The molecule has 0 aromatic rings. The van der Waals surface area contributed by atoms with E-state index in [1.54, 1.807) is 0 Å². The number of fused-ring (bicyclic) bond motifs is 2. The fraction of sp³-hybridized carbons (Fsp3) is 0.778. The second-order valence-electron chi connectivity index (χ2n) is 4.05. The van der Waals surface area contributed by atoms with Gasteiger partial charge in [-0.3, -0.25) is 0 Å². The van der Waals surface area contributed by atoms with Crippen LogP contribution in [0.2, 0.25) is 0 Å². The van der Waals surface area contributed by atoms with Gasteiger partial charge in [-0.1, -0.05) is 6.08 Å². The van der Waals surface area contributed by atoms with Gasteiger partial charge in [0.15, 0.2) is 0 Å². The first kappa shape index (κ1) is 7.32. The Morgan fingerprint density at radius 2 is 2.18 bits per heavy atom. The van der Waals surface area contributed by atoms with Gasteiger partial charge in [-0.2, -0.15) is 0 Å². The van der Waals surface area contributed by atoms with Crippen LogP contribution in [0.4, 0.5) is 0 Å². The van der Waals surface area contributed by atoms with Crippen molar-refractivity contribution >= 4 is 0 Å². The van der Waals surface area contributed by atoms with Crippen LogP contribution in [-0.2, 0) is 4.74 Å². The molecule has 2 heteroatoms. The standard InChI is InChI=1S/C9H16NO/c1-10(2)8-4-3-5-9(10)7-11-6-8/h3-4,8-9H,5-7H2,1-2H3/q+1/t8-,9-/m1/s1. The number of ether oxygens (including phenoxy) is 1. The first-order chi connectivity index (χ1) is 5.21. The van der Waals surface area contributed by atoms with Crippen molar-refractivity contribution in [3.8, 4) is 0 Å². The van der Waals surface area contributed by atoms with Crippen molar-refractivity contribution in [3.05, 3.63) is 12.2 Å². The van der Waals surface area contributed by atoms with Gasteiger partial charge < -0.3 is 9.22 Å². The zero-order chi connectivity index (χ0) is 7.90. The molecule has 2 nitrogen and oxygen atoms in total. The third-order valence-electron chi connectivity index (χ3n) is 3.16. The molecule has 0 radical (unpaired) electrons. The predicted molar refractivity (Wildman–Crippen MR) is 44.3 cm³/mol. The maximum absolute atomic E-state index is 5.51. The summed E-state index contributed by atoms with van der Waals surface area (Å²) in [5, 5.41) is 0. The van der Waals surface area contributed by atoms with Gasteiger partial charge in [-0.05, 0) is 6.08 Å². The molecule has 0 spiro atoms. The molecule has 0 saturated carbocycles. The molecule has 0 unspecified atom stereocenters. The van der Waals surface area contributed by atoms with Crippen LogP contribution in [0.1, 0.15) is 6.42 Å². The number of rotatable bonds is 0. The van der Waals surface area contributed by atoms with E-state index in [0.717, 1.165) is 17.7 Å². The maximum Gasteiger partial charge on any atom is 0.131 e. The second-order valence-corrected chi connectivity index (χ2v) is 4.05. The Morgan fingerprint density at radius 1 is 1.36 bits per heavy atom. The number of nitrogens with zero attached hydrogens (tertiary/aromatic N) is 1. The van der Waals surface area contributed by atoms with E-state index in [0.29, 0.717) is 12.1 Å². The number of hydrogen-bond donors (Lipinski definition) is 0. The van der Waals surface area contributed by atoms with E-state index >= 15 is 0 Å². The van der Waals surface area contributed by atoms with Crippen LogP contribution in [0.3, 0.4) is 0 Å². The van der Waals surface area contributed by atoms with Crippen molar-refractivity contribution in [2.45, 2.75) is 18.5 Å². The van der Waals surface area contributed by atoms with Crippen molar-refractivity contribution < 1.29 is 9.22 Å². The summed E-state index contributed by atoms with van der Waals surface area (Å²) >= 11 is 0. The van der Waals surface area contributed by atoms with E-state index in [1.165, 1.54) is 6.42 Å². The summed E-state index contributed by atoms with van der Waals surface area (Å²) in [5.74, 6) is 0. The van der Waals surface area contributed by atoms with E-state index in [4.69, 9.17) is 4.74 Å². The van der Waals surface area contributed by atoms with E-state index in [1.807, 2.05) is 0 Å². The first-order valence-corrected chi connectivity index (χ1v) is 4.29. The molecular formula is C9H16NO+. The van der Waals surface area contributed by atoms with Crippen molar-refractivity contribution in [3.63, 3.8) is 0 Å². The van der Waals surface area contributed by atoms with Gasteiger partial charge in [-0.25, -0.2) is 0 Å². The largest absolute Gasteiger partial charge is 0.369 e. The van der Waals surface area contributed by atoms with E-state index in [9.17, 15) is 0 Å². The Morgan fingerprint density at radius 3 is 2.82 bits per heavy atom. The highest BCUT2D eigenvalue weighted by Gasteiger charge is 2.40. The van der Waals surface area contributed by atoms with Gasteiger partial charge in [0, 0.05) is 6.42 Å². The fourth-order valence-corrected chi connectivity index (χ4v) is 1.99. The van der Waals surface area contributed by atoms with E-state index in [2.05, 4.69) is 26.2 Å². The molecule has 0 amide bonds. The minimum Gasteiger partial charge on any atom is -0.369 e. The number of morpholine rings is 1. The van der Waals surface area contributed by atoms with Crippen LogP contribution >= 0.6 is 0 Å². The molecule has 0 aromatic carbocycles. The molecule has 11 heavy (non-hydrogen) atoms. The Bertz CT molecular complexity index is 186. The van der Waals surface area contributed by atoms with E-state index in [-0.39, 0.29) is 0 Å². The van der Waals surface area contributed by atoms with Crippen molar-refractivity contribution in [2.75, 3.05) is 27.3 Å².